The molecule has 0 atom stereocenters. The largest absolute Gasteiger partial charge is 0.445 e. The van der Waals surface area contributed by atoms with E-state index in [1.165, 1.54) is 6.08 Å². The van der Waals surface area contributed by atoms with E-state index in [9.17, 15) is 4.79 Å². The molecule has 0 aromatic heterocycles. The van der Waals surface area contributed by atoms with Gasteiger partial charge in [-0.15, -0.1) is 0 Å². The molecule has 0 aliphatic heterocycles. The summed E-state index contributed by atoms with van der Waals surface area (Å²) in [5, 5.41) is 8.33. The van der Waals surface area contributed by atoms with Gasteiger partial charge in [0.15, 0.2) is 0 Å². The maximum absolute atomic E-state index is 10.1. The third-order valence-corrected chi connectivity index (χ3v) is 0.859. The number of nitrogens with two attached hydrogens (primary N) is 1. The highest BCUT2D eigenvalue weighted by Crippen LogP contribution is 1.92. The van der Waals surface area contributed by atoms with Gasteiger partial charge in [0.2, 0.25) is 0 Å². The standard InChI is InChI=1S/C7H11NO3/c1-6(3-2-4-9)5-11-7(8)10/h2-3,9H,1,4-5H2,(H2,8,10)/b3-2+. The normalized spacial score (nSPS) is 9.91. The molecule has 3 N–H and O–H groups in total. The first-order valence-electron chi connectivity index (χ1n) is 3.04. The van der Waals surface area contributed by atoms with E-state index in [1.54, 1.807) is 6.08 Å². The topological polar surface area (TPSA) is 72.6 Å². The molecule has 0 bridgehead atoms. The van der Waals surface area contributed by atoms with E-state index in [0.29, 0.717) is 5.57 Å². The third-order valence-electron chi connectivity index (χ3n) is 0.859. The fourth-order valence-corrected chi connectivity index (χ4v) is 0.431. The Morgan fingerprint density at radius 3 is 2.82 bits per heavy atom. The first-order chi connectivity index (χ1) is 5.16. The van der Waals surface area contributed by atoms with Crippen molar-refractivity contribution in [2.45, 2.75) is 0 Å². The highest BCUT2D eigenvalue weighted by atomic mass is 16.5. The number of rotatable bonds is 4. The van der Waals surface area contributed by atoms with Gasteiger partial charge in [0.1, 0.15) is 6.61 Å². The zero-order valence-electron chi connectivity index (χ0n) is 6.12. The summed E-state index contributed by atoms with van der Waals surface area (Å²) in [6, 6.07) is 0. The second-order valence-electron chi connectivity index (χ2n) is 1.85. The van der Waals surface area contributed by atoms with Crippen LogP contribution in [0.5, 0.6) is 0 Å². The number of primary amides is 1. The maximum atomic E-state index is 10.1. The molecule has 0 rings (SSSR count). The minimum absolute atomic E-state index is 0.0599. The summed E-state index contributed by atoms with van der Waals surface area (Å²) < 4.78 is 4.41. The van der Waals surface area contributed by atoms with Gasteiger partial charge in [0.25, 0.3) is 0 Å². The number of ether oxygens (including phenoxy) is 1. The van der Waals surface area contributed by atoms with Gasteiger partial charge in [-0.3, -0.25) is 0 Å². The average Bonchev–Trinajstić information content (AvgIpc) is 1.97. The molecule has 4 nitrogen and oxygen atoms in total. The molecule has 0 aromatic carbocycles. The van der Waals surface area contributed by atoms with Crippen LogP contribution >= 0.6 is 0 Å². The predicted octanol–water partition coefficient (Wildman–Crippen LogP) is 0.186. The fraction of sp³-hybridized carbons (Fsp3) is 0.286. The lowest BCUT2D eigenvalue weighted by Crippen LogP contribution is -2.14. The lowest BCUT2D eigenvalue weighted by Gasteiger charge is -1.98. The summed E-state index contributed by atoms with van der Waals surface area (Å²) in [4.78, 5) is 10.1. The lowest BCUT2D eigenvalue weighted by atomic mass is 10.3. The number of aliphatic hydroxyl groups excluding tert-OH is 1. The second-order valence-corrected chi connectivity index (χ2v) is 1.85. The van der Waals surface area contributed by atoms with Gasteiger partial charge < -0.3 is 15.6 Å². The maximum Gasteiger partial charge on any atom is 0.404 e. The highest BCUT2D eigenvalue weighted by molar-refractivity contribution is 5.64. The molecule has 0 heterocycles. The van der Waals surface area contributed by atoms with Gasteiger partial charge in [-0.05, 0) is 5.57 Å². The van der Waals surface area contributed by atoms with Crippen LogP contribution in [0.1, 0.15) is 0 Å². The molecule has 11 heavy (non-hydrogen) atoms. The zero-order chi connectivity index (χ0) is 8.69. The van der Waals surface area contributed by atoms with Crippen LogP contribution in [-0.4, -0.2) is 24.4 Å². The number of carbonyl (C=O) groups excluding carboxylic acids is 1. The van der Waals surface area contributed by atoms with Crippen LogP contribution in [0.4, 0.5) is 4.79 Å². The molecule has 0 saturated carbocycles. The summed E-state index contributed by atoms with van der Waals surface area (Å²) in [6.07, 6.45) is 2.22. The summed E-state index contributed by atoms with van der Waals surface area (Å²) in [5.74, 6) is 0. The van der Waals surface area contributed by atoms with E-state index < -0.39 is 6.09 Å². The van der Waals surface area contributed by atoms with Crippen LogP contribution in [0.3, 0.4) is 0 Å². The summed E-state index contributed by atoms with van der Waals surface area (Å²) >= 11 is 0. The van der Waals surface area contributed by atoms with Gasteiger partial charge in [-0.2, -0.15) is 0 Å². The Labute approximate surface area is 65.0 Å². The van der Waals surface area contributed by atoms with Crippen LogP contribution in [0, 0.1) is 0 Å². The number of carbonyl (C=O) groups is 1. The molecule has 0 radical (unpaired) electrons. The molecular formula is C7H11NO3. The summed E-state index contributed by atoms with van der Waals surface area (Å²) in [6.45, 7) is 3.53. The lowest BCUT2D eigenvalue weighted by molar-refractivity contribution is 0.167. The summed E-state index contributed by atoms with van der Waals surface area (Å²) in [5.41, 5.74) is 5.28. The molecule has 0 saturated heterocycles. The third kappa shape index (κ3) is 6.60. The Kier molecular flexibility index (Phi) is 4.85. The van der Waals surface area contributed by atoms with Gasteiger partial charge in [0, 0.05) is 0 Å². The van der Waals surface area contributed by atoms with Crippen molar-refractivity contribution < 1.29 is 14.6 Å². The number of hydrogen-bond donors (Lipinski definition) is 2. The minimum atomic E-state index is -0.830. The molecule has 0 spiro atoms. The Morgan fingerprint density at radius 2 is 2.36 bits per heavy atom. The predicted molar refractivity (Wildman–Crippen MR) is 40.9 cm³/mol. The van der Waals surface area contributed by atoms with E-state index in [1.807, 2.05) is 0 Å². The Hall–Kier alpha value is -1.29. The highest BCUT2D eigenvalue weighted by Gasteiger charge is 1.92. The molecular weight excluding hydrogens is 146 g/mol. The van der Waals surface area contributed by atoms with Crippen molar-refractivity contribution in [3.05, 3.63) is 24.3 Å². The smallest absolute Gasteiger partial charge is 0.404 e. The van der Waals surface area contributed by atoms with Gasteiger partial charge in [-0.25, -0.2) is 4.79 Å². The van der Waals surface area contributed by atoms with Crippen molar-refractivity contribution in [1.29, 1.82) is 0 Å². The Morgan fingerprint density at radius 1 is 1.73 bits per heavy atom. The number of amides is 1. The van der Waals surface area contributed by atoms with Crippen molar-refractivity contribution in [3.63, 3.8) is 0 Å². The Balaban J connectivity index is 3.53. The molecule has 0 fully saturated rings. The van der Waals surface area contributed by atoms with Crippen LogP contribution < -0.4 is 5.73 Å². The summed E-state index contributed by atoms with van der Waals surface area (Å²) in [7, 11) is 0. The van der Waals surface area contributed by atoms with Crippen molar-refractivity contribution in [1.82, 2.24) is 0 Å². The Bertz CT molecular complexity index is 175. The van der Waals surface area contributed by atoms with E-state index >= 15 is 0 Å². The molecule has 0 aliphatic carbocycles. The van der Waals surface area contributed by atoms with Crippen molar-refractivity contribution >= 4 is 6.09 Å². The van der Waals surface area contributed by atoms with Crippen molar-refractivity contribution in [3.8, 4) is 0 Å². The van der Waals surface area contributed by atoms with Crippen molar-refractivity contribution in [2.24, 2.45) is 5.73 Å². The molecule has 1 amide bonds. The van der Waals surface area contributed by atoms with Crippen LogP contribution in [-0.2, 0) is 4.74 Å². The first-order valence-corrected chi connectivity index (χ1v) is 3.04. The molecule has 0 aromatic rings. The van der Waals surface area contributed by atoms with E-state index in [0.717, 1.165) is 0 Å². The van der Waals surface area contributed by atoms with Crippen LogP contribution in [0.15, 0.2) is 24.3 Å². The van der Waals surface area contributed by atoms with Crippen molar-refractivity contribution in [2.75, 3.05) is 13.2 Å². The first kappa shape index (κ1) is 9.71. The average molecular weight is 157 g/mol. The van der Waals surface area contributed by atoms with Crippen LogP contribution in [0.2, 0.25) is 0 Å². The van der Waals surface area contributed by atoms with E-state index in [2.05, 4.69) is 11.3 Å². The SMILES string of the molecule is C=C(/C=C/CO)COC(N)=O. The monoisotopic (exact) mass is 157 g/mol. The van der Waals surface area contributed by atoms with Gasteiger partial charge >= 0.3 is 6.09 Å². The van der Waals surface area contributed by atoms with E-state index in [-0.39, 0.29) is 13.2 Å². The molecule has 62 valence electrons. The molecule has 4 heteroatoms. The number of aliphatic hydroxyl groups is 1. The van der Waals surface area contributed by atoms with E-state index in [4.69, 9.17) is 10.8 Å². The minimum Gasteiger partial charge on any atom is -0.445 e. The van der Waals surface area contributed by atoms with Gasteiger partial charge in [-0.1, -0.05) is 18.7 Å². The number of hydrogen-bond acceptors (Lipinski definition) is 3. The fourth-order valence-electron chi connectivity index (χ4n) is 0.431. The quantitative estimate of drug-likeness (QED) is 0.572. The second kappa shape index (κ2) is 5.49. The zero-order valence-corrected chi connectivity index (χ0v) is 6.12. The van der Waals surface area contributed by atoms with Gasteiger partial charge in [0.05, 0.1) is 6.61 Å². The molecule has 0 aliphatic rings. The van der Waals surface area contributed by atoms with Crippen LogP contribution in [0.25, 0.3) is 0 Å². The molecule has 0 unspecified atom stereocenters.